The van der Waals surface area contributed by atoms with Gasteiger partial charge in [0.1, 0.15) is 11.8 Å². The number of hydrogen-bond donors (Lipinski definition) is 8. The minimum absolute atomic E-state index is 0.0565. The van der Waals surface area contributed by atoms with E-state index in [2.05, 4.69) is 51.2 Å². The zero-order valence-electron chi connectivity index (χ0n) is 39.6. The number of esters is 1. The first-order chi connectivity index (χ1) is 35.1. The second kappa shape index (κ2) is 22.6. The van der Waals surface area contributed by atoms with E-state index in [1.165, 1.54) is 12.5 Å². The second-order valence-corrected chi connectivity index (χ2v) is 18.5. The average Bonchev–Trinajstić information content (AvgIpc) is 3.89. The first-order valence-electron chi connectivity index (χ1n) is 23.0. The van der Waals surface area contributed by atoms with Crippen LogP contribution in [0.3, 0.4) is 0 Å². The van der Waals surface area contributed by atoms with Gasteiger partial charge in [0.05, 0.1) is 60.1 Å². The maximum absolute atomic E-state index is 14.1. The molecule has 0 aliphatic heterocycles. The molecule has 9 N–H and O–H groups in total. The van der Waals surface area contributed by atoms with Gasteiger partial charge in [0.25, 0.3) is 27.5 Å². The number of H-pyrrole nitrogens is 2. The van der Waals surface area contributed by atoms with Gasteiger partial charge < -0.3 is 41.5 Å². The third-order valence-electron chi connectivity index (χ3n) is 11.6. The largest absolute Gasteiger partial charge is 0.422 e. The van der Waals surface area contributed by atoms with Gasteiger partial charge in [-0.2, -0.15) is 18.0 Å². The van der Waals surface area contributed by atoms with Crippen LogP contribution in [0.25, 0.3) is 33.0 Å². The lowest BCUT2D eigenvalue weighted by Gasteiger charge is -2.18. The van der Waals surface area contributed by atoms with Gasteiger partial charge >= 0.3 is 5.97 Å². The lowest BCUT2D eigenvalue weighted by molar-refractivity contribution is -0.645. The van der Waals surface area contributed by atoms with Gasteiger partial charge in [-0.15, -0.1) is 0 Å². The van der Waals surface area contributed by atoms with Crippen molar-refractivity contribution in [1.29, 1.82) is 0 Å². The third-order valence-corrected chi connectivity index (χ3v) is 12.4. The van der Waals surface area contributed by atoms with Crippen molar-refractivity contribution in [3.8, 4) is 5.75 Å². The van der Waals surface area contributed by atoms with Crippen LogP contribution in [0, 0.1) is 13.8 Å². The number of carbonyl (C=O) groups excluding carboxylic acids is 4. The van der Waals surface area contributed by atoms with E-state index in [0.717, 1.165) is 0 Å². The van der Waals surface area contributed by atoms with Gasteiger partial charge in [-0.25, -0.2) is 19.7 Å². The zero-order chi connectivity index (χ0) is 51.6. The summed E-state index contributed by atoms with van der Waals surface area (Å²) in [7, 11) is -4.16. The van der Waals surface area contributed by atoms with Gasteiger partial charge in [-0.05, 0) is 73.5 Å². The van der Waals surface area contributed by atoms with Crippen LogP contribution in [-0.4, -0.2) is 105 Å². The number of carbonyl (C=O) groups is 4. The molecule has 0 saturated carbocycles. The highest BCUT2D eigenvalue weighted by atomic mass is 32.2. The van der Waals surface area contributed by atoms with Crippen molar-refractivity contribution in [1.82, 2.24) is 45.9 Å². The Hall–Kier alpha value is -8.67. The van der Waals surface area contributed by atoms with Gasteiger partial charge in [0, 0.05) is 66.8 Å². The van der Waals surface area contributed by atoms with E-state index in [-0.39, 0.29) is 75.3 Å². The van der Waals surface area contributed by atoms with E-state index >= 15 is 0 Å². The van der Waals surface area contributed by atoms with E-state index in [4.69, 9.17) is 15.2 Å². The summed E-state index contributed by atoms with van der Waals surface area (Å²) in [5, 5.41) is 12.8. The second-order valence-electron chi connectivity index (χ2n) is 16.9. The summed E-state index contributed by atoms with van der Waals surface area (Å²) in [5.74, 6) is -2.08. The predicted molar refractivity (Wildman–Crippen MR) is 269 cm³/mol. The number of pyridine rings is 1. The van der Waals surface area contributed by atoms with Crippen LogP contribution in [0.1, 0.15) is 60.0 Å². The Morgan fingerprint density at radius 2 is 1.52 bits per heavy atom. The van der Waals surface area contributed by atoms with Crippen LogP contribution in [-0.2, 0) is 39.2 Å². The van der Waals surface area contributed by atoms with Crippen LogP contribution in [0.15, 0.2) is 108 Å². The number of anilines is 2. The van der Waals surface area contributed by atoms with Crippen LogP contribution >= 0.6 is 0 Å². The van der Waals surface area contributed by atoms with Crippen molar-refractivity contribution in [2.24, 2.45) is 0 Å². The zero-order valence-corrected chi connectivity index (χ0v) is 40.4. The summed E-state index contributed by atoms with van der Waals surface area (Å²) in [5.41, 5.74) is 10.5. The van der Waals surface area contributed by atoms with Gasteiger partial charge in [0.15, 0.2) is 17.7 Å². The van der Waals surface area contributed by atoms with Crippen molar-refractivity contribution in [2.75, 3.05) is 43.1 Å². The Balaban J connectivity index is 0.806. The molecule has 8 aromatic rings. The van der Waals surface area contributed by atoms with E-state index in [0.29, 0.717) is 72.4 Å². The molecule has 376 valence electrons. The van der Waals surface area contributed by atoms with Crippen LogP contribution in [0.2, 0.25) is 0 Å². The summed E-state index contributed by atoms with van der Waals surface area (Å²) < 4.78 is 45.9. The number of rotatable bonds is 21. The first kappa shape index (κ1) is 50.7. The molecule has 73 heavy (non-hydrogen) atoms. The molecule has 0 bridgehead atoms. The molecule has 0 saturated heterocycles. The highest BCUT2D eigenvalue weighted by Gasteiger charge is 2.27. The number of fused-ring (bicyclic) bond motifs is 3. The molecule has 3 amide bonds. The SMILES string of the molecule is Cc1cc(C(=O)NCCOCCNC(=O)C(Cc2cnc[nH]2)NC(=O)c2ccc(NCc3cnc4nc(N)[nH]c(=O)c4n3)cc2)cc(C)c1OC(=O)c1c2ccccc2[n+](CCCS(=O)(=O)O)c2ccccc12. The number of nitrogens with one attached hydrogen (secondary N) is 6. The van der Waals surface area contributed by atoms with Crippen molar-refractivity contribution in [3.05, 3.63) is 153 Å². The minimum Gasteiger partial charge on any atom is -0.422 e. The fourth-order valence-electron chi connectivity index (χ4n) is 8.23. The van der Waals surface area contributed by atoms with Crippen LogP contribution in [0.5, 0.6) is 5.75 Å². The molecule has 4 heterocycles. The Kier molecular flexibility index (Phi) is 15.7. The van der Waals surface area contributed by atoms with E-state index in [1.54, 1.807) is 80.7 Å². The van der Waals surface area contributed by atoms with Crippen molar-refractivity contribution < 1.29 is 46.2 Å². The number of nitrogens with zero attached hydrogens (tertiary/aromatic N) is 5. The summed E-state index contributed by atoms with van der Waals surface area (Å²) in [6.07, 6.45) is 4.81. The number of nitrogen functional groups attached to an aromatic ring is 1. The average molecular weight is 1010 g/mol. The van der Waals surface area contributed by atoms with Gasteiger partial charge in [-0.3, -0.25) is 28.7 Å². The van der Waals surface area contributed by atoms with Crippen molar-refractivity contribution in [3.63, 3.8) is 0 Å². The van der Waals surface area contributed by atoms with E-state index in [1.807, 2.05) is 28.8 Å². The molecule has 1 atom stereocenters. The maximum atomic E-state index is 14.1. The van der Waals surface area contributed by atoms with E-state index < -0.39 is 45.3 Å². The number of aryl methyl sites for hydroxylation is 3. The molecular weight excluding hydrogens is 961 g/mol. The molecular formula is C50H51N12O10S+. The molecule has 8 rings (SSSR count). The summed E-state index contributed by atoms with van der Waals surface area (Å²) in [6.45, 7) is 4.51. The topological polar surface area (TPSA) is 319 Å². The highest BCUT2D eigenvalue weighted by Crippen LogP contribution is 2.30. The molecule has 4 aromatic heterocycles. The Morgan fingerprint density at radius 3 is 2.18 bits per heavy atom. The number of ether oxygens (including phenoxy) is 2. The smallest absolute Gasteiger partial charge is 0.345 e. The number of aromatic nitrogens is 7. The third kappa shape index (κ3) is 12.6. The first-order valence-corrected chi connectivity index (χ1v) is 24.6. The van der Waals surface area contributed by atoms with Crippen LogP contribution in [0.4, 0.5) is 11.6 Å². The van der Waals surface area contributed by atoms with Crippen molar-refractivity contribution >= 4 is 78.4 Å². The highest BCUT2D eigenvalue weighted by molar-refractivity contribution is 7.85. The predicted octanol–water partition coefficient (Wildman–Crippen LogP) is 3.24. The molecule has 0 aliphatic rings. The maximum Gasteiger partial charge on any atom is 0.345 e. The fraction of sp³-hybridized carbons (Fsp3) is 0.240. The lowest BCUT2D eigenvalue weighted by Crippen LogP contribution is -2.48. The molecule has 1 unspecified atom stereocenters. The Bertz CT molecular complexity index is 3460. The summed E-state index contributed by atoms with van der Waals surface area (Å²) in [4.78, 5) is 88.1. The lowest BCUT2D eigenvalue weighted by atomic mass is 10.0. The quantitative estimate of drug-likeness (QED) is 0.0128. The monoisotopic (exact) mass is 1010 g/mol. The molecule has 23 heteroatoms. The molecule has 4 aromatic carbocycles. The number of amides is 3. The molecule has 0 spiro atoms. The Labute approximate surface area is 416 Å². The number of hydrogen-bond acceptors (Lipinski definition) is 15. The van der Waals surface area contributed by atoms with Gasteiger partial charge in [-0.1, -0.05) is 24.3 Å². The number of para-hydroxylation sites is 2. The summed E-state index contributed by atoms with van der Waals surface area (Å²) >= 11 is 0. The minimum atomic E-state index is -4.16. The Morgan fingerprint density at radius 1 is 0.849 bits per heavy atom. The normalized spacial score (nSPS) is 11.9. The van der Waals surface area contributed by atoms with Gasteiger partial charge in [0.2, 0.25) is 22.9 Å². The number of aromatic amines is 2. The number of imidazole rings is 1. The number of benzene rings is 4. The van der Waals surface area contributed by atoms with E-state index in [9.17, 15) is 36.9 Å². The molecule has 22 nitrogen and oxygen atoms in total. The van der Waals surface area contributed by atoms with Crippen LogP contribution < -0.4 is 41.9 Å². The number of nitrogens with two attached hydrogens (primary N) is 1. The fourth-order valence-corrected chi connectivity index (χ4v) is 8.73. The molecule has 0 fully saturated rings. The van der Waals surface area contributed by atoms with Crippen molar-refractivity contribution in [2.45, 2.75) is 45.8 Å². The summed E-state index contributed by atoms with van der Waals surface area (Å²) in [6, 6.07) is 23.4. The molecule has 0 radical (unpaired) electrons. The molecule has 0 aliphatic carbocycles. The standard InChI is InChI=1S/C50H50N12O10S/c1-29-22-32(23-30(2)43(29)72-49(67)41-36-8-3-5-10-39(36)62(18-7-21-73(68,69)70)40-11-6-4-9-37(40)41)45(63)53-16-19-71-20-17-54-47(65)38(24-34-25-52-28-57-34)59-46(64)31-12-14-33(15-13-31)55-26-35-27-56-44-42(58-35)48(66)61-50(51)60-44/h3-6,8-15,22-23,25,27-28,38H,7,16-21,24,26H2,1-2H3,(H8-,51,52,53,54,55,56,57,59,60,61,63,64,65,66,68,69,70)/p+1.